The van der Waals surface area contributed by atoms with Crippen LogP contribution >= 0.6 is 28.4 Å². The average molecular weight is 608 g/mol. The van der Waals surface area contributed by atoms with Gasteiger partial charge >= 0.3 is 0 Å². The van der Waals surface area contributed by atoms with Crippen molar-refractivity contribution < 1.29 is 0 Å². The third-order valence-corrected chi connectivity index (χ3v) is 10.5. The number of aromatic nitrogens is 6. The number of rotatable bonds is 5. The highest BCUT2D eigenvalue weighted by molar-refractivity contribution is 14.2. The van der Waals surface area contributed by atoms with Crippen LogP contribution in [-0.4, -0.2) is 49.7 Å². The summed E-state index contributed by atoms with van der Waals surface area (Å²) < 4.78 is 1.94. The number of hydrogen-bond acceptors (Lipinski definition) is 6. The summed E-state index contributed by atoms with van der Waals surface area (Å²) in [5, 5.41) is 32.2. The minimum absolute atomic E-state index is 0.0790. The number of nitriles is 1. The smallest absolute Gasteiger partial charge is 0.280 e. The summed E-state index contributed by atoms with van der Waals surface area (Å²) in [6.07, 6.45) is 10.7. The van der Waals surface area contributed by atoms with Gasteiger partial charge in [-0.25, -0.2) is 9.71 Å². The Hall–Kier alpha value is -2.51. The second-order valence-corrected chi connectivity index (χ2v) is 13.0. The van der Waals surface area contributed by atoms with E-state index in [0.717, 1.165) is 64.8 Å². The van der Waals surface area contributed by atoms with Crippen LogP contribution in [0, 0.1) is 11.2 Å². The number of fused-ring (bicyclic) bond motifs is 3. The molecule has 8 nitrogen and oxygen atoms in total. The van der Waals surface area contributed by atoms with E-state index < -0.39 is 0 Å². The molecule has 2 bridgehead atoms. The van der Waals surface area contributed by atoms with Gasteiger partial charge in [-0.1, -0.05) is 32.8 Å². The molecule has 36 heavy (non-hydrogen) atoms. The maximum absolute atomic E-state index is 9.84. The molecule has 0 spiro atoms. The van der Waals surface area contributed by atoms with E-state index in [2.05, 4.69) is 104 Å². The van der Waals surface area contributed by atoms with Crippen LogP contribution < -0.4 is 4.90 Å². The standard InChI is InChI=1S/C25H27BIN8P/c1-24-8-9-25(2,26(24)15-28)11-17(10-24)34(3)22-7-6-21(31-32-22)19-5-4-18(20-13-29-33-23(19)20)16-12-30-35(14-16)36-27/h4-7,12-14,17,36H,8-11H2,1-3H3,(H,29,33)/t17?,24-,25?/m1/s1. The summed E-state index contributed by atoms with van der Waals surface area (Å²) in [5.74, 6) is 3.51. The minimum Gasteiger partial charge on any atom is -0.355 e. The fourth-order valence-electron chi connectivity index (χ4n) is 6.73. The molecule has 1 N–H and O–H groups in total. The van der Waals surface area contributed by atoms with Crippen molar-refractivity contribution in [3.05, 3.63) is 42.9 Å². The van der Waals surface area contributed by atoms with Crippen molar-refractivity contribution in [2.75, 3.05) is 11.9 Å². The minimum atomic E-state index is 0.0790. The molecule has 3 unspecified atom stereocenters. The summed E-state index contributed by atoms with van der Waals surface area (Å²) in [4.78, 5) is 2.27. The first kappa shape index (κ1) is 23.9. The van der Waals surface area contributed by atoms with Crippen LogP contribution in [0.25, 0.3) is 33.3 Å². The Balaban J connectivity index is 1.28. The Morgan fingerprint density at radius 1 is 1.14 bits per heavy atom. The second kappa shape index (κ2) is 8.81. The van der Waals surface area contributed by atoms with E-state index in [4.69, 9.17) is 0 Å². The molecular formula is C25H27BIN8P. The number of H-pyrrole nitrogens is 1. The van der Waals surface area contributed by atoms with Crippen LogP contribution in [0.4, 0.5) is 5.82 Å². The van der Waals surface area contributed by atoms with Crippen molar-refractivity contribution in [2.24, 2.45) is 0 Å². The van der Waals surface area contributed by atoms with Gasteiger partial charge in [0.25, 0.3) is 6.71 Å². The molecule has 11 heteroatoms. The average Bonchev–Trinajstić information content (AvgIpc) is 3.59. The van der Waals surface area contributed by atoms with Crippen molar-refractivity contribution in [1.82, 2.24) is 29.9 Å². The van der Waals surface area contributed by atoms with Crippen LogP contribution in [0.2, 0.25) is 10.6 Å². The third-order valence-electron chi connectivity index (χ3n) is 8.63. The van der Waals surface area contributed by atoms with Gasteiger partial charge in [0.1, 0.15) is 0 Å². The molecule has 0 radical (unpaired) electrons. The zero-order chi connectivity index (χ0) is 25.1. The van der Waals surface area contributed by atoms with Crippen molar-refractivity contribution in [1.29, 1.82) is 5.26 Å². The topological polar surface area (TPSA) is 99.3 Å². The normalized spacial score (nSPS) is 25.6. The zero-order valence-electron chi connectivity index (χ0n) is 20.5. The van der Waals surface area contributed by atoms with E-state index in [-0.39, 0.29) is 17.3 Å². The number of aromatic amines is 1. The lowest BCUT2D eigenvalue weighted by atomic mass is 9.23. The second-order valence-electron chi connectivity index (χ2n) is 10.9. The lowest BCUT2D eigenvalue weighted by molar-refractivity contribution is 0.412. The summed E-state index contributed by atoms with van der Waals surface area (Å²) in [6.45, 7) is 4.74. The Morgan fingerprint density at radius 2 is 1.89 bits per heavy atom. The summed E-state index contributed by atoms with van der Waals surface area (Å²) >= 11 is 2.32. The molecule has 1 aromatic carbocycles. The number of nitrogens with zero attached hydrogens (tertiary/aromatic N) is 7. The van der Waals surface area contributed by atoms with Gasteiger partial charge in [-0.05, 0) is 69.3 Å². The van der Waals surface area contributed by atoms with Crippen LogP contribution in [-0.2, 0) is 0 Å². The Kier molecular flexibility index (Phi) is 5.84. The molecule has 182 valence electrons. The van der Waals surface area contributed by atoms with E-state index in [1.807, 2.05) is 22.9 Å². The predicted octanol–water partition coefficient (Wildman–Crippen LogP) is 6.15. The van der Waals surface area contributed by atoms with E-state index in [1.165, 1.54) is 0 Å². The third kappa shape index (κ3) is 3.74. The molecule has 2 aliphatic rings. The number of nitrogens with one attached hydrogen (secondary N) is 1. The van der Waals surface area contributed by atoms with E-state index in [9.17, 15) is 5.26 Å². The SMILES string of the molecule is CN(c1ccc(-c2ccc(-c3cnn(PI)c3)c3cn[nH]c23)nn1)C1CC2(C)CC[C@](C)(C1)B2C#N. The van der Waals surface area contributed by atoms with E-state index >= 15 is 0 Å². The van der Waals surface area contributed by atoms with E-state index in [0.29, 0.717) is 12.4 Å². The molecule has 2 aliphatic heterocycles. The van der Waals surface area contributed by atoms with Gasteiger partial charge in [-0.15, -0.1) is 10.2 Å². The number of anilines is 1. The Morgan fingerprint density at radius 3 is 2.53 bits per heavy atom. The van der Waals surface area contributed by atoms with Gasteiger partial charge in [-0.2, -0.15) is 10.2 Å². The highest BCUT2D eigenvalue weighted by Crippen LogP contribution is 2.65. The van der Waals surface area contributed by atoms with E-state index in [1.54, 1.807) is 0 Å². The molecule has 2 saturated heterocycles. The van der Waals surface area contributed by atoms with Gasteiger partial charge in [0.2, 0.25) is 0 Å². The van der Waals surface area contributed by atoms with Crippen LogP contribution in [0.3, 0.4) is 0 Å². The molecular weight excluding hydrogens is 581 g/mol. The highest BCUT2D eigenvalue weighted by Gasteiger charge is 2.60. The molecule has 2 fully saturated rings. The van der Waals surface area contributed by atoms with Gasteiger partial charge in [0, 0.05) is 41.8 Å². The molecule has 4 atom stereocenters. The number of halogens is 1. The lowest BCUT2D eigenvalue weighted by Gasteiger charge is -2.45. The first-order valence-electron chi connectivity index (χ1n) is 12.2. The van der Waals surface area contributed by atoms with Gasteiger partial charge < -0.3 is 4.90 Å². The molecule has 3 aromatic heterocycles. The first-order chi connectivity index (χ1) is 17.3. The van der Waals surface area contributed by atoms with Gasteiger partial charge in [0.15, 0.2) is 5.82 Å². The molecule has 4 aromatic rings. The van der Waals surface area contributed by atoms with Crippen LogP contribution in [0.15, 0.2) is 42.9 Å². The maximum Gasteiger partial charge on any atom is 0.280 e. The number of hydrogen-bond donors (Lipinski definition) is 1. The molecule has 5 heterocycles. The van der Waals surface area contributed by atoms with Crippen molar-refractivity contribution in [2.45, 2.75) is 56.2 Å². The van der Waals surface area contributed by atoms with Gasteiger partial charge in [0.05, 0.1) is 30.0 Å². The van der Waals surface area contributed by atoms with Crippen molar-refractivity contribution >= 4 is 51.8 Å². The number of benzene rings is 1. The summed E-state index contributed by atoms with van der Waals surface area (Å²) in [5.41, 5.74) is 4.90. The van der Waals surface area contributed by atoms with Crippen molar-refractivity contribution in [3.8, 4) is 28.4 Å². The fourth-order valence-corrected chi connectivity index (χ4v) is 7.81. The lowest BCUT2D eigenvalue weighted by Crippen LogP contribution is -2.48. The summed E-state index contributed by atoms with van der Waals surface area (Å²) in [6, 6.07) is 8.65. The fraction of sp³-hybridized carbons (Fsp3) is 0.400. The first-order valence-corrected chi connectivity index (χ1v) is 16.3. The summed E-state index contributed by atoms with van der Waals surface area (Å²) in [7, 11) is 2.12. The van der Waals surface area contributed by atoms with Crippen LogP contribution in [0.5, 0.6) is 0 Å². The molecule has 0 aliphatic carbocycles. The highest BCUT2D eigenvalue weighted by atomic mass is 127. The maximum atomic E-state index is 9.84. The molecule has 0 amide bonds. The molecule has 6 rings (SSSR count). The predicted molar refractivity (Wildman–Crippen MR) is 155 cm³/mol. The zero-order valence-corrected chi connectivity index (χ0v) is 23.7. The van der Waals surface area contributed by atoms with Crippen LogP contribution in [0.1, 0.15) is 39.5 Å². The Bertz CT molecular complexity index is 1460. The molecule has 0 saturated carbocycles. The quantitative estimate of drug-likeness (QED) is 0.166. The van der Waals surface area contributed by atoms with Crippen molar-refractivity contribution in [3.63, 3.8) is 0 Å². The Labute approximate surface area is 225 Å². The van der Waals surface area contributed by atoms with Gasteiger partial charge in [-0.3, -0.25) is 5.10 Å². The monoisotopic (exact) mass is 608 g/mol. The largest absolute Gasteiger partial charge is 0.355 e.